The molecule has 7 nitrogen and oxygen atoms in total. The number of rotatable bonds is 13. The standard InChI is InChI=1S/C41H46N2O5/c1-28-9-8-12-31(23-28)39(44)43(38-35-26-42(27-36(35)38)25-30-10-6-5-7-11-30)21-22-47-33-17-13-29(14-18-33)24-37(40(45)46)48-34-19-15-32(16-20-34)41(2,3)4/h5-20,23,35-38H,21-22,24-27H2,1-4H3,(H,45,46)/t35?,36?,37-,38?/m0/s1. The first kappa shape index (κ1) is 33.3. The summed E-state index contributed by atoms with van der Waals surface area (Å²) in [7, 11) is 0. The monoisotopic (exact) mass is 646 g/mol. The Balaban J connectivity index is 1.05. The fraction of sp³-hybridized carbons (Fsp3) is 0.366. The molecule has 1 heterocycles. The fourth-order valence-corrected chi connectivity index (χ4v) is 6.92. The lowest BCUT2D eigenvalue weighted by Gasteiger charge is -2.28. The van der Waals surface area contributed by atoms with E-state index in [0.29, 0.717) is 42.0 Å². The number of carbonyl (C=O) groups is 2. The number of carbonyl (C=O) groups excluding carboxylic acids is 1. The van der Waals surface area contributed by atoms with E-state index in [1.807, 2.05) is 90.7 Å². The summed E-state index contributed by atoms with van der Waals surface area (Å²) in [4.78, 5) is 30.4. The van der Waals surface area contributed by atoms with Gasteiger partial charge in [-0.25, -0.2) is 4.79 Å². The van der Waals surface area contributed by atoms with Crippen LogP contribution >= 0.6 is 0 Å². The van der Waals surface area contributed by atoms with Gasteiger partial charge in [0.15, 0.2) is 6.10 Å². The van der Waals surface area contributed by atoms with Crippen molar-refractivity contribution in [2.24, 2.45) is 11.8 Å². The minimum Gasteiger partial charge on any atom is -0.492 e. The smallest absolute Gasteiger partial charge is 0.345 e. The number of nitrogens with zero attached hydrogens (tertiary/aromatic N) is 2. The van der Waals surface area contributed by atoms with Crippen molar-refractivity contribution in [2.75, 3.05) is 26.2 Å². The molecule has 48 heavy (non-hydrogen) atoms. The van der Waals surface area contributed by atoms with Crippen molar-refractivity contribution >= 4 is 11.9 Å². The minimum absolute atomic E-state index is 0.00486. The topological polar surface area (TPSA) is 79.3 Å². The van der Waals surface area contributed by atoms with E-state index in [2.05, 4.69) is 49.9 Å². The molecule has 7 heteroatoms. The van der Waals surface area contributed by atoms with E-state index in [1.165, 1.54) is 5.56 Å². The predicted molar refractivity (Wildman–Crippen MR) is 188 cm³/mol. The van der Waals surface area contributed by atoms with Crippen LogP contribution in [-0.4, -0.2) is 65.2 Å². The van der Waals surface area contributed by atoms with Crippen molar-refractivity contribution in [1.82, 2.24) is 9.80 Å². The van der Waals surface area contributed by atoms with Gasteiger partial charge in [-0.05, 0) is 77.3 Å². The molecule has 0 radical (unpaired) electrons. The second-order valence-corrected chi connectivity index (χ2v) is 14.3. The first-order valence-corrected chi connectivity index (χ1v) is 16.9. The van der Waals surface area contributed by atoms with Crippen LogP contribution in [0.2, 0.25) is 0 Å². The van der Waals surface area contributed by atoms with E-state index in [0.717, 1.165) is 36.3 Å². The van der Waals surface area contributed by atoms with Crippen molar-refractivity contribution < 1.29 is 24.2 Å². The van der Waals surface area contributed by atoms with Gasteiger partial charge in [0.1, 0.15) is 18.1 Å². The molecule has 4 aromatic carbocycles. The summed E-state index contributed by atoms with van der Waals surface area (Å²) in [6, 6.07) is 33.7. The number of carboxylic acids is 1. The maximum Gasteiger partial charge on any atom is 0.345 e. The zero-order chi connectivity index (χ0) is 33.8. The summed E-state index contributed by atoms with van der Waals surface area (Å²) in [5.41, 5.74) is 5.10. The fourth-order valence-electron chi connectivity index (χ4n) is 6.92. The van der Waals surface area contributed by atoms with Crippen molar-refractivity contribution in [3.63, 3.8) is 0 Å². The van der Waals surface area contributed by atoms with Crippen molar-refractivity contribution in [3.05, 3.63) is 131 Å². The second kappa shape index (κ2) is 14.2. The molecule has 3 atom stereocenters. The van der Waals surface area contributed by atoms with Crippen LogP contribution in [0.25, 0.3) is 0 Å². The van der Waals surface area contributed by atoms with Crippen LogP contribution in [0.4, 0.5) is 0 Å². The molecule has 250 valence electrons. The third-order valence-corrected chi connectivity index (χ3v) is 9.58. The van der Waals surface area contributed by atoms with E-state index in [4.69, 9.17) is 9.47 Å². The van der Waals surface area contributed by atoms with E-state index in [9.17, 15) is 14.7 Å². The van der Waals surface area contributed by atoms with Crippen molar-refractivity contribution in [2.45, 2.75) is 58.2 Å². The highest BCUT2D eigenvalue weighted by Gasteiger charge is 2.59. The molecule has 0 aromatic heterocycles. The van der Waals surface area contributed by atoms with E-state index in [1.54, 1.807) is 0 Å². The van der Waals surface area contributed by atoms with Gasteiger partial charge in [-0.2, -0.15) is 0 Å². The second-order valence-electron chi connectivity index (χ2n) is 14.3. The number of amides is 1. The zero-order valence-corrected chi connectivity index (χ0v) is 28.3. The number of aryl methyl sites for hydroxylation is 1. The maximum atomic E-state index is 13.8. The lowest BCUT2D eigenvalue weighted by Crippen LogP contribution is -2.41. The number of piperidine rings is 1. The van der Waals surface area contributed by atoms with Crippen LogP contribution in [0.1, 0.15) is 53.4 Å². The summed E-state index contributed by atoms with van der Waals surface area (Å²) in [5, 5.41) is 9.85. The van der Waals surface area contributed by atoms with Gasteiger partial charge in [0.05, 0.1) is 6.54 Å². The maximum absolute atomic E-state index is 13.8. The molecule has 1 aliphatic carbocycles. The molecule has 2 aliphatic rings. The van der Waals surface area contributed by atoms with E-state index in [-0.39, 0.29) is 23.8 Å². The Morgan fingerprint density at radius 1 is 0.854 bits per heavy atom. The van der Waals surface area contributed by atoms with Crippen LogP contribution in [0.3, 0.4) is 0 Å². The number of likely N-dealkylation sites (tertiary alicyclic amines) is 1. The van der Waals surface area contributed by atoms with Crippen LogP contribution in [0.15, 0.2) is 103 Å². The van der Waals surface area contributed by atoms with Gasteiger partial charge in [-0.1, -0.05) is 93.1 Å². The average molecular weight is 647 g/mol. The Bertz CT molecular complexity index is 1690. The zero-order valence-electron chi connectivity index (χ0n) is 28.3. The highest BCUT2D eigenvalue weighted by molar-refractivity contribution is 5.95. The summed E-state index contributed by atoms with van der Waals surface area (Å²) < 4.78 is 12.0. The molecule has 1 saturated heterocycles. The first-order chi connectivity index (χ1) is 23.0. The molecule has 1 saturated carbocycles. The highest BCUT2D eigenvalue weighted by atomic mass is 16.5. The Morgan fingerprint density at radius 2 is 1.52 bits per heavy atom. The van der Waals surface area contributed by atoms with Crippen LogP contribution in [0.5, 0.6) is 11.5 Å². The third-order valence-electron chi connectivity index (χ3n) is 9.58. The summed E-state index contributed by atoms with van der Waals surface area (Å²) in [6.07, 6.45) is -0.790. The van der Waals surface area contributed by atoms with Gasteiger partial charge in [0.25, 0.3) is 5.91 Å². The quantitative estimate of drug-likeness (QED) is 0.168. The molecule has 1 N–H and O–H groups in total. The molecule has 1 amide bonds. The summed E-state index contributed by atoms with van der Waals surface area (Å²) in [5.74, 6) is 1.20. The first-order valence-electron chi connectivity index (χ1n) is 16.9. The van der Waals surface area contributed by atoms with Gasteiger partial charge >= 0.3 is 5.97 Å². The minimum atomic E-state index is -1.01. The number of benzene rings is 4. The van der Waals surface area contributed by atoms with Gasteiger partial charge in [0.2, 0.25) is 0 Å². The molecule has 0 spiro atoms. The molecule has 0 bridgehead atoms. The average Bonchev–Trinajstić information content (AvgIpc) is 3.55. The third kappa shape index (κ3) is 8.08. The van der Waals surface area contributed by atoms with E-state index >= 15 is 0 Å². The number of fused-ring (bicyclic) bond motifs is 1. The van der Waals surface area contributed by atoms with Crippen LogP contribution in [-0.2, 0) is 23.2 Å². The van der Waals surface area contributed by atoms with Gasteiger partial charge in [-0.15, -0.1) is 0 Å². The Kier molecular flexibility index (Phi) is 9.88. The molecular formula is C41H46N2O5. The highest BCUT2D eigenvalue weighted by Crippen LogP contribution is 2.49. The molecule has 4 aromatic rings. The Hall–Kier alpha value is -4.62. The van der Waals surface area contributed by atoms with Crippen LogP contribution < -0.4 is 9.47 Å². The number of hydrogen-bond acceptors (Lipinski definition) is 5. The Morgan fingerprint density at radius 3 is 2.15 bits per heavy atom. The number of ether oxygens (including phenoxy) is 2. The molecule has 2 unspecified atom stereocenters. The normalized spacial score (nSPS) is 19.3. The van der Waals surface area contributed by atoms with Gasteiger partial charge in [0, 0.05) is 37.7 Å². The summed E-state index contributed by atoms with van der Waals surface area (Å²) >= 11 is 0. The van der Waals surface area contributed by atoms with Gasteiger partial charge in [-0.3, -0.25) is 9.69 Å². The SMILES string of the molecule is Cc1cccc(C(=O)N(CCOc2ccc(C[C@H](Oc3ccc(C(C)(C)C)cc3)C(=O)O)cc2)C2C3CN(Cc4ccccc4)CC32)c1. The molecular weight excluding hydrogens is 600 g/mol. The lowest BCUT2D eigenvalue weighted by atomic mass is 9.87. The number of hydrogen-bond donors (Lipinski definition) is 1. The number of aliphatic carboxylic acids is 1. The van der Waals surface area contributed by atoms with Crippen molar-refractivity contribution in [3.8, 4) is 11.5 Å². The largest absolute Gasteiger partial charge is 0.492 e. The Labute approximate surface area is 284 Å². The van der Waals surface area contributed by atoms with Crippen molar-refractivity contribution in [1.29, 1.82) is 0 Å². The molecule has 2 fully saturated rings. The predicted octanol–water partition coefficient (Wildman–Crippen LogP) is 7.02. The lowest BCUT2D eigenvalue weighted by molar-refractivity contribution is -0.145. The summed E-state index contributed by atoms with van der Waals surface area (Å²) in [6.45, 7) is 12.2. The van der Waals surface area contributed by atoms with Crippen LogP contribution in [0, 0.1) is 18.8 Å². The molecule has 1 aliphatic heterocycles. The molecule has 6 rings (SSSR count). The van der Waals surface area contributed by atoms with Gasteiger partial charge < -0.3 is 19.5 Å². The van der Waals surface area contributed by atoms with E-state index < -0.39 is 12.1 Å². The number of carboxylic acid groups (broad SMARTS) is 1.